The number of benzene rings is 2. The van der Waals surface area contributed by atoms with Crippen molar-refractivity contribution in [1.82, 2.24) is 0 Å². The molecule has 6 heteroatoms. The zero-order valence-electron chi connectivity index (χ0n) is 15.8. The molecule has 0 saturated carbocycles. The quantitative estimate of drug-likeness (QED) is 0.850. The van der Waals surface area contributed by atoms with E-state index in [0.29, 0.717) is 23.7 Å². The molecule has 2 aromatic carbocycles. The van der Waals surface area contributed by atoms with Crippen molar-refractivity contribution in [3.8, 4) is 11.5 Å². The van der Waals surface area contributed by atoms with Gasteiger partial charge < -0.3 is 19.7 Å². The van der Waals surface area contributed by atoms with Crippen molar-refractivity contribution in [1.29, 1.82) is 0 Å². The van der Waals surface area contributed by atoms with E-state index in [-0.39, 0.29) is 18.2 Å². The topological polar surface area (TPSA) is 67.9 Å². The molecular weight excluding hydrogens is 344 g/mol. The summed E-state index contributed by atoms with van der Waals surface area (Å²) >= 11 is 0. The number of nitrogens with one attached hydrogen (secondary N) is 1. The molecule has 3 rings (SSSR count). The van der Waals surface area contributed by atoms with Crippen molar-refractivity contribution in [2.75, 3.05) is 31.0 Å². The summed E-state index contributed by atoms with van der Waals surface area (Å²) in [6.07, 6.45) is 1.12. The van der Waals surface area contributed by atoms with Crippen LogP contribution in [0, 0.1) is 5.92 Å². The van der Waals surface area contributed by atoms with Gasteiger partial charge in [0.1, 0.15) is 11.5 Å². The SMILES string of the molecule is CCc1ccc(NC(=O)[C@@H]2CC(=O)N(c3ccc(OC)cc3OC)C2)cc1. The van der Waals surface area contributed by atoms with Gasteiger partial charge in [-0.25, -0.2) is 0 Å². The molecule has 1 aliphatic rings. The molecule has 0 radical (unpaired) electrons. The first-order valence-corrected chi connectivity index (χ1v) is 8.98. The maximum Gasteiger partial charge on any atom is 0.229 e. The van der Waals surface area contributed by atoms with Crippen LogP contribution in [0.15, 0.2) is 42.5 Å². The fourth-order valence-electron chi connectivity index (χ4n) is 3.19. The Kier molecular flexibility index (Phi) is 5.64. The lowest BCUT2D eigenvalue weighted by molar-refractivity contribution is -0.122. The van der Waals surface area contributed by atoms with Gasteiger partial charge in [0.2, 0.25) is 11.8 Å². The van der Waals surface area contributed by atoms with E-state index in [1.807, 2.05) is 24.3 Å². The second-order valence-corrected chi connectivity index (χ2v) is 6.48. The number of carbonyl (C=O) groups is 2. The Hall–Kier alpha value is -3.02. The van der Waals surface area contributed by atoms with Crippen molar-refractivity contribution >= 4 is 23.2 Å². The van der Waals surface area contributed by atoms with Crippen LogP contribution in [-0.4, -0.2) is 32.6 Å². The number of carbonyl (C=O) groups excluding carboxylic acids is 2. The molecule has 6 nitrogen and oxygen atoms in total. The molecule has 27 heavy (non-hydrogen) atoms. The van der Waals surface area contributed by atoms with Crippen molar-refractivity contribution in [3.63, 3.8) is 0 Å². The monoisotopic (exact) mass is 368 g/mol. The Bertz CT molecular complexity index is 833. The summed E-state index contributed by atoms with van der Waals surface area (Å²) in [7, 11) is 3.12. The third-order valence-corrected chi connectivity index (χ3v) is 4.80. The van der Waals surface area contributed by atoms with Crippen molar-refractivity contribution in [2.24, 2.45) is 5.92 Å². The standard InChI is InChI=1S/C21H24N2O4/c1-4-14-5-7-16(8-6-14)22-21(25)15-11-20(24)23(13-15)18-10-9-17(26-2)12-19(18)27-3/h5-10,12,15H,4,11,13H2,1-3H3,(H,22,25)/t15-/m1/s1. The summed E-state index contributed by atoms with van der Waals surface area (Å²) < 4.78 is 10.6. The summed E-state index contributed by atoms with van der Waals surface area (Å²) in [5.41, 5.74) is 2.60. The predicted molar refractivity (Wildman–Crippen MR) is 104 cm³/mol. The highest BCUT2D eigenvalue weighted by Crippen LogP contribution is 2.36. The summed E-state index contributed by atoms with van der Waals surface area (Å²) in [5, 5.41) is 2.91. The summed E-state index contributed by atoms with van der Waals surface area (Å²) in [4.78, 5) is 26.7. The minimum absolute atomic E-state index is 0.0973. The molecule has 1 fully saturated rings. The van der Waals surface area contributed by atoms with E-state index < -0.39 is 5.92 Å². The minimum atomic E-state index is -0.407. The molecule has 1 atom stereocenters. The lowest BCUT2D eigenvalue weighted by atomic mass is 10.1. The molecule has 1 aliphatic heterocycles. The lowest BCUT2D eigenvalue weighted by Gasteiger charge is -2.20. The molecule has 0 aliphatic carbocycles. The molecule has 1 heterocycles. The molecule has 2 aromatic rings. The maximum absolute atomic E-state index is 12.6. The fraction of sp³-hybridized carbons (Fsp3) is 0.333. The smallest absolute Gasteiger partial charge is 0.229 e. The van der Waals surface area contributed by atoms with Crippen LogP contribution in [-0.2, 0) is 16.0 Å². The minimum Gasteiger partial charge on any atom is -0.497 e. The normalized spacial score (nSPS) is 16.3. The lowest BCUT2D eigenvalue weighted by Crippen LogP contribution is -2.28. The van der Waals surface area contributed by atoms with E-state index in [9.17, 15) is 9.59 Å². The molecule has 0 unspecified atom stereocenters. The van der Waals surface area contributed by atoms with Crippen molar-refractivity contribution in [2.45, 2.75) is 19.8 Å². The van der Waals surface area contributed by atoms with Crippen LogP contribution in [0.1, 0.15) is 18.9 Å². The first-order chi connectivity index (χ1) is 13.0. The molecule has 0 aromatic heterocycles. The molecule has 0 spiro atoms. The number of methoxy groups -OCH3 is 2. The molecule has 2 amide bonds. The van der Waals surface area contributed by atoms with E-state index in [0.717, 1.165) is 12.1 Å². The third-order valence-electron chi connectivity index (χ3n) is 4.80. The van der Waals surface area contributed by atoms with E-state index in [4.69, 9.17) is 9.47 Å². The maximum atomic E-state index is 12.6. The molecule has 1 saturated heterocycles. The highest BCUT2D eigenvalue weighted by molar-refractivity contribution is 6.04. The Balaban J connectivity index is 1.72. The summed E-state index contributed by atoms with van der Waals surface area (Å²) in [6.45, 7) is 2.40. The Labute approximate surface area is 159 Å². The van der Waals surface area contributed by atoms with E-state index in [2.05, 4.69) is 12.2 Å². The van der Waals surface area contributed by atoms with Crippen LogP contribution >= 0.6 is 0 Å². The average Bonchev–Trinajstić information content (AvgIpc) is 3.09. The Morgan fingerprint density at radius 1 is 1.15 bits per heavy atom. The Morgan fingerprint density at radius 3 is 2.52 bits per heavy atom. The zero-order valence-corrected chi connectivity index (χ0v) is 15.8. The van der Waals surface area contributed by atoms with Gasteiger partial charge in [-0.05, 0) is 36.2 Å². The van der Waals surface area contributed by atoms with Gasteiger partial charge >= 0.3 is 0 Å². The molecule has 142 valence electrons. The van der Waals surface area contributed by atoms with Crippen molar-refractivity contribution < 1.29 is 19.1 Å². The Morgan fingerprint density at radius 2 is 1.89 bits per heavy atom. The van der Waals surface area contributed by atoms with Crippen LogP contribution in [0.2, 0.25) is 0 Å². The average molecular weight is 368 g/mol. The van der Waals surface area contributed by atoms with Gasteiger partial charge in [0, 0.05) is 24.7 Å². The highest BCUT2D eigenvalue weighted by Gasteiger charge is 2.36. The van der Waals surface area contributed by atoms with Gasteiger partial charge in [0.25, 0.3) is 0 Å². The highest BCUT2D eigenvalue weighted by atomic mass is 16.5. The third kappa shape index (κ3) is 4.05. The number of rotatable bonds is 6. The first kappa shape index (κ1) is 18.8. The summed E-state index contributed by atoms with van der Waals surface area (Å²) in [5.74, 6) is 0.531. The van der Waals surface area contributed by atoms with Crippen molar-refractivity contribution in [3.05, 3.63) is 48.0 Å². The number of hydrogen-bond donors (Lipinski definition) is 1. The zero-order chi connectivity index (χ0) is 19.4. The number of nitrogens with zero attached hydrogens (tertiary/aromatic N) is 1. The van der Waals surface area contributed by atoms with Gasteiger partial charge in [0.15, 0.2) is 0 Å². The number of anilines is 2. The number of amides is 2. The molecular formula is C21H24N2O4. The van der Waals surface area contributed by atoms with Gasteiger partial charge in [-0.2, -0.15) is 0 Å². The number of hydrogen-bond acceptors (Lipinski definition) is 4. The second kappa shape index (κ2) is 8.12. The second-order valence-electron chi connectivity index (χ2n) is 6.48. The van der Waals surface area contributed by atoms with Crippen LogP contribution in [0.25, 0.3) is 0 Å². The molecule has 1 N–H and O–H groups in total. The van der Waals surface area contributed by atoms with Crippen LogP contribution < -0.4 is 19.7 Å². The van der Waals surface area contributed by atoms with Crippen LogP contribution in [0.4, 0.5) is 11.4 Å². The molecule has 0 bridgehead atoms. The van der Waals surface area contributed by atoms with E-state index in [1.54, 1.807) is 37.3 Å². The van der Waals surface area contributed by atoms with E-state index >= 15 is 0 Å². The number of aryl methyl sites for hydroxylation is 1. The largest absolute Gasteiger partial charge is 0.497 e. The fourth-order valence-corrected chi connectivity index (χ4v) is 3.19. The first-order valence-electron chi connectivity index (χ1n) is 8.98. The van der Waals surface area contributed by atoms with Gasteiger partial charge in [-0.3, -0.25) is 9.59 Å². The van der Waals surface area contributed by atoms with Gasteiger partial charge in [-0.15, -0.1) is 0 Å². The van der Waals surface area contributed by atoms with Crippen LogP contribution in [0.5, 0.6) is 11.5 Å². The van der Waals surface area contributed by atoms with Gasteiger partial charge in [0.05, 0.1) is 25.8 Å². The number of ether oxygens (including phenoxy) is 2. The van der Waals surface area contributed by atoms with E-state index in [1.165, 1.54) is 5.56 Å². The van der Waals surface area contributed by atoms with Crippen LogP contribution in [0.3, 0.4) is 0 Å². The predicted octanol–water partition coefficient (Wildman–Crippen LogP) is 3.26. The summed E-state index contributed by atoms with van der Waals surface area (Å²) in [6, 6.07) is 13.0. The van der Waals surface area contributed by atoms with Gasteiger partial charge in [-0.1, -0.05) is 19.1 Å².